The number of hydrogen-bond donors (Lipinski definition) is 1. The van der Waals surface area contributed by atoms with Crippen LogP contribution in [-0.4, -0.2) is 61.9 Å². The van der Waals surface area contributed by atoms with E-state index >= 15 is 0 Å². The van der Waals surface area contributed by atoms with Crippen LogP contribution in [-0.2, 0) is 14.3 Å². The molecule has 0 bridgehead atoms. The van der Waals surface area contributed by atoms with E-state index in [1.54, 1.807) is 0 Å². The molecule has 1 rings (SSSR count). The fourth-order valence-electron chi connectivity index (χ4n) is 2.48. The van der Waals surface area contributed by atoms with E-state index in [-0.39, 0.29) is 24.2 Å². The van der Waals surface area contributed by atoms with Crippen molar-refractivity contribution < 1.29 is 14.3 Å². The average Bonchev–Trinajstić information content (AvgIpc) is 2.33. The van der Waals surface area contributed by atoms with E-state index in [2.05, 4.69) is 31.0 Å². The summed E-state index contributed by atoms with van der Waals surface area (Å²) in [5.74, 6) is -0.150. The molecule has 0 saturated carbocycles. The minimum atomic E-state index is -0.239. The third kappa shape index (κ3) is 5.89. The van der Waals surface area contributed by atoms with Crippen molar-refractivity contribution in [1.29, 1.82) is 0 Å². The van der Waals surface area contributed by atoms with Crippen LogP contribution >= 0.6 is 0 Å². The van der Waals surface area contributed by atoms with Gasteiger partial charge in [0.1, 0.15) is 6.04 Å². The highest BCUT2D eigenvalue weighted by atomic mass is 16.5. The smallest absolute Gasteiger partial charge is 0.324 e. The van der Waals surface area contributed by atoms with Crippen LogP contribution in [0.3, 0.4) is 0 Å². The lowest BCUT2D eigenvalue weighted by atomic mass is 10.2. The number of ether oxygens (including phenoxy) is 2. The minimum absolute atomic E-state index is 0.150. The normalized spacial score (nSPS) is 26.1. The summed E-state index contributed by atoms with van der Waals surface area (Å²) in [4.78, 5) is 14.2. The number of nitrogens with one attached hydrogen (secondary N) is 1. The van der Waals surface area contributed by atoms with Crippen LogP contribution in [0.25, 0.3) is 0 Å². The van der Waals surface area contributed by atoms with E-state index < -0.39 is 0 Å². The van der Waals surface area contributed by atoms with Crippen molar-refractivity contribution in [2.75, 3.05) is 32.8 Å². The molecule has 3 atom stereocenters. The summed E-state index contributed by atoms with van der Waals surface area (Å²) in [7, 11) is 0. The van der Waals surface area contributed by atoms with Crippen molar-refractivity contribution in [3.05, 3.63) is 0 Å². The van der Waals surface area contributed by atoms with Crippen molar-refractivity contribution >= 4 is 5.97 Å². The molecule has 0 aromatic heterocycles. The van der Waals surface area contributed by atoms with Gasteiger partial charge in [0.15, 0.2) is 0 Å². The van der Waals surface area contributed by atoms with Crippen LogP contribution in [0, 0.1) is 0 Å². The molecule has 1 heterocycles. The standard InChI is InChI=1S/C14H28N2O3/c1-5-7-15-13(14(17)18-6-2)10-16-8-11(3)19-12(4)9-16/h11-13,15H,5-10H2,1-4H3. The van der Waals surface area contributed by atoms with Crippen LogP contribution < -0.4 is 5.32 Å². The maximum absolute atomic E-state index is 11.9. The summed E-state index contributed by atoms with van der Waals surface area (Å²) in [6, 6.07) is -0.239. The van der Waals surface area contributed by atoms with Crippen LogP contribution in [0.2, 0.25) is 0 Å². The van der Waals surface area contributed by atoms with Gasteiger partial charge >= 0.3 is 5.97 Å². The number of morpholine rings is 1. The number of carbonyl (C=O) groups excluding carboxylic acids is 1. The Morgan fingerprint density at radius 3 is 2.53 bits per heavy atom. The van der Waals surface area contributed by atoms with Gasteiger partial charge in [-0.1, -0.05) is 6.92 Å². The first kappa shape index (κ1) is 16.4. The van der Waals surface area contributed by atoms with Gasteiger partial charge in [0.25, 0.3) is 0 Å². The lowest BCUT2D eigenvalue weighted by molar-refractivity contribution is -0.147. The molecule has 0 aromatic carbocycles. The summed E-state index contributed by atoms with van der Waals surface area (Å²) in [6.45, 7) is 11.8. The lowest BCUT2D eigenvalue weighted by Crippen LogP contribution is -2.53. The van der Waals surface area contributed by atoms with Crippen molar-refractivity contribution in [3.8, 4) is 0 Å². The highest BCUT2D eigenvalue weighted by molar-refractivity contribution is 5.76. The Hall–Kier alpha value is -0.650. The summed E-state index contributed by atoms with van der Waals surface area (Å²) < 4.78 is 10.8. The molecular weight excluding hydrogens is 244 g/mol. The molecule has 0 spiro atoms. The average molecular weight is 272 g/mol. The molecule has 0 amide bonds. The van der Waals surface area contributed by atoms with E-state index in [1.165, 1.54) is 0 Å². The van der Waals surface area contributed by atoms with E-state index in [9.17, 15) is 4.79 Å². The zero-order valence-corrected chi connectivity index (χ0v) is 12.6. The second kappa shape index (κ2) is 8.51. The number of esters is 1. The molecule has 0 aliphatic carbocycles. The highest BCUT2D eigenvalue weighted by Crippen LogP contribution is 2.11. The molecule has 0 radical (unpaired) electrons. The van der Waals surface area contributed by atoms with Crippen molar-refractivity contribution in [2.45, 2.75) is 52.4 Å². The predicted octanol–water partition coefficient (Wildman–Crippen LogP) is 1.03. The van der Waals surface area contributed by atoms with Gasteiger partial charge in [0.05, 0.1) is 18.8 Å². The molecule has 1 fully saturated rings. The predicted molar refractivity (Wildman–Crippen MR) is 75.2 cm³/mol. The molecule has 1 N–H and O–H groups in total. The molecule has 1 aliphatic rings. The molecule has 1 aliphatic heterocycles. The summed E-state index contributed by atoms with van der Waals surface area (Å²) in [5.41, 5.74) is 0. The second-order valence-electron chi connectivity index (χ2n) is 5.23. The van der Waals surface area contributed by atoms with Crippen LogP contribution in [0.1, 0.15) is 34.1 Å². The fourth-order valence-corrected chi connectivity index (χ4v) is 2.48. The molecule has 3 unspecified atom stereocenters. The molecule has 0 aromatic rings. The molecule has 5 nitrogen and oxygen atoms in total. The topological polar surface area (TPSA) is 50.8 Å². The van der Waals surface area contributed by atoms with Crippen molar-refractivity contribution in [1.82, 2.24) is 10.2 Å². The van der Waals surface area contributed by atoms with E-state index in [1.807, 2.05) is 6.92 Å². The SMILES string of the molecule is CCCNC(CN1CC(C)OC(C)C1)C(=O)OCC. The number of carbonyl (C=O) groups is 1. The molecule has 5 heteroatoms. The Morgan fingerprint density at radius 1 is 1.37 bits per heavy atom. The van der Waals surface area contributed by atoms with E-state index in [0.717, 1.165) is 26.1 Å². The maximum atomic E-state index is 11.9. The third-order valence-corrected chi connectivity index (χ3v) is 3.15. The van der Waals surface area contributed by atoms with E-state index in [0.29, 0.717) is 13.2 Å². The Bertz CT molecular complexity index is 263. The largest absolute Gasteiger partial charge is 0.465 e. The zero-order chi connectivity index (χ0) is 14.3. The summed E-state index contributed by atoms with van der Waals surface area (Å²) in [6.07, 6.45) is 1.45. The fraction of sp³-hybridized carbons (Fsp3) is 0.929. The van der Waals surface area contributed by atoms with Crippen molar-refractivity contribution in [3.63, 3.8) is 0 Å². The molecule has 19 heavy (non-hydrogen) atoms. The van der Waals surface area contributed by atoms with Gasteiger partial charge < -0.3 is 14.8 Å². The van der Waals surface area contributed by atoms with Gasteiger partial charge in [0, 0.05) is 19.6 Å². The Morgan fingerprint density at radius 2 is 2.00 bits per heavy atom. The van der Waals surface area contributed by atoms with Gasteiger partial charge in [0.2, 0.25) is 0 Å². The molecular formula is C14H28N2O3. The quantitative estimate of drug-likeness (QED) is 0.702. The molecule has 1 saturated heterocycles. The van der Waals surface area contributed by atoms with Crippen LogP contribution in [0.15, 0.2) is 0 Å². The van der Waals surface area contributed by atoms with Gasteiger partial charge in [-0.15, -0.1) is 0 Å². The molecule has 112 valence electrons. The number of rotatable bonds is 7. The lowest BCUT2D eigenvalue weighted by Gasteiger charge is -2.36. The summed E-state index contributed by atoms with van der Waals surface area (Å²) in [5, 5.41) is 3.27. The van der Waals surface area contributed by atoms with Crippen LogP contribution in [0.5, 0.6) is 0 Å². The third-order valence-electron chi connectivity index (χ3n) is 3.15. The van der Waals surface area contributed by atoms with Gasteiger partial charge in [-0.05, 0) is 33.7 Å². The Balaban J connectivity index is 2.52. The number of nitrogens with zero attached hydrogens (tertiary/aromatic N) is 1. The first-order valence-electron chi connectivity index (χ1n) is 7.34. The first-order valence-corrected chi connectivity index (χ1v) is 7.34. The summed E-state index contributed by atoms with van der Waals surface area (Å²) >= 11 is 0. The van der Waals surface area contributed by atoms with Gasteiger partial charge in [-0.25, -0.2) is 0 Å². The van der Waals surface area contributed by atoms with Crippen molar-refractivity contribution in [2.24, 2.45) is 0 Å². The van der Waals surface area contributed by atoms with Gasteiger partial charge in [-0.3, -0.25) is 9.69 Å². The first-order chi connectivity index (χ1) is 9.06. The highest BCUT2D eigenvalue weighted by Gasteiger charge is 2.27. The Labute approximate surface area is 116 Å². The van der Waals surface area contributed by atoms with Gasteiger partial charge in [-0.2, -0.15) is 0 Å². The van der Waals surface area contributed by atoms with E-state index in [4.69, 9.17) is 9.47 Å². The second-order valence-corrected chi connectivity index (χ2v) is 5.23. The minimum Gasteiger partial charge on any atom is -0.465 e. The zero-order valence-electron chi connectivity index (χ0n) is 12.6. The maximum Gasteiger partial charge on any atom is 0.324 e. The number of hydrogen-bond acceptors (Lipinski definition) is 5. The van der Waals surface area contributed by atoms with Crippen LogP contribution in [0.4, 0.5) is 0 Å². The Kier molecular flexibility index (Phi) is 7.34. The monoisotopic (exact) mass is 272 g/mol.